The van der Waals surface area contributed by atoms with Crippen LogP contribution in [-0.4, -0.2) is 30.9 Å². The second-order valence-electron chi connectivity index (χ2n) is 6.91. The number of hydrogen-bond donors (Lipinski definition) is 3. The summed E-state index contributed by atoms with van der Waals surface area (Å²) in [6.07, 6.45) is 3.23. The number of nitrogens with one attached hydrogen (secondary N) is 2. The average molecular weight is 352 g/mol. The number of carbonyl (C=O) groups excluding carboxylic acids is 2. The van der Waals surface area contributed by atoms with Crippen LogP contribution in [0, 0.1) is 5.92 Å². The van der Waals surface area contributed by atoms with E-state index in [4.69, 9.17) is 17.3 Å². The van der Waals surface area contributed by atoms with Gasteiger partial charge in [-0.05, 0) is 36.5 Å². The fraction of sp³-hybridized carbons (Fsp3) is 0.556. The van der Waals surface area contributed by atoms with Crippen LogP contribution in [-0.2, 0) is 15.0 Å². The Hall–Kier alpha value is -1.59. The van der Waals surface area contributed by atoms with E-state index in [9.17, 15) is 9.59 Å². The zero-order valence-corrected chi connectivity index (χ0v) is 15.0. The first-order chi connectivity index (χ1) is 11.3. The zero-order chi connectivity index (χ0) is 17.7. The van der Waals surface area contributed by atoms with Gasteiger partial charge in [-0.1, -0.05) is 44.0 Å². The van der Waals surface area contributed by atoms with Crippen molar-refractivity contribution < 1.29 is 9.59 Å². The van der Waals surface area contributed by atoms with E-state index in [0.717, 1.165) is 19.3 Å². The van der Waals surface area contributed by atoms with Crippen LogP contribution in [0.2, 0.25) is 5.02 Å². The van der Waals surface area contributed by atoms with Gasteiger partial charge in [0, 0.05) is 17.0 Å². The van der Waals surface area contributed by atoms with E-state index in [2.05, 4.69) is 10.6 Å². The van der Waals surface area contributed by atoms with E-state index in [1.165, 1.54) is 5.56 Å². The van der Waals surface area contributed by atoms with Crippen LogP contribution in [0.15, 0.2) is 24.3 Å². The van der Waals surface area contributed by atoms with Gasteiger partial charge in [-0.2, -0.15) is 0 Å². The molecule has 0 aliphatic heterocycles. The number of carbonyl (C=O) groups is 2. The minimum Gasteiger partial charge on any atom is -0.354 e. The third-order valence-electron chi connectivity index (χ3n) is 4.84. The SMILES string of the molecule is CC(C)[C@H](N)C(=O)NCC(=O)NCC1(c2ccc(Cl)cc2)CCC1. The molecule has 1 fully saturated rings. The van der Waals surface area contributed by atoms with E-state index in [0.29, 0.717) is 11.6 Å². The Balaban J connectivity index is 1.84. The molecule has 6 heteroatoms. The summed E-state index contributed by atoms with van der Waals surface area (Å²) in [6.45, 7) is 4.27. The van der Waals surface area contributed by atoms with Crippen molar-refractivity contribution in [3.8, 4) is 0 Å². The fourth-order valence-electron chi connectivity index (χ4n) is 2.89. The van der Waals surface area contributed by atoms with Crippen molar-refractivity contribution in [2.75, 3.05) is 13.1 Å². The van der Waals surface area contributed by atoms with Crippen molar-refractivity contribution >= 4 is 23.4 Å². The van der Waals surface area contributed by atoms with E-state index in [1.807, 2.05) is 38.1 Å². The van der Waals surface area contributed by atoms with Crippen molar-refractivity contribution in [2.24, 2.45) is 11.7 Å². The highest BCUT2D eigenvalue weighted by molar-refractivity contribution is 6.30. The molecule has 0 radical (unpaired) electrons. The van der Waals surface area contributed by atoms with Crippen LogP contribution in [0.3, 0.4) is 0 Å². The Labute approximate surface area is 148 Å². The number of halogens is 1. The highest BCUT2D eigenvalue weighted by Gasteiger charge is 2.38. The molecule has 0 heterocycles. The molecular formula is C18H26ClN3O2. The van der Waals surface area contributed by atoms with Gasteiger partial charge >= 0.3 is 0 Å². The van der Waals surface area contributed by atoms with E-state index in [-0.39, 0.29) is 29.7 Å². The van der Waals surface area contributed by atoms with Crippen LogP contribution in [0.4, 0.5) is 0 Å². The Morgan fingerprint density at radius 1 is 1.21 bits per heavy atom. The maximum Gasteiger partial charge on any atom is 0.239 e. The Morgan fingerprint density at radius 2 is 1.83 bits per heavy atom. The highest BCUT2D eigenvalue weighted by Crippen LogP contribution is 2.43. The van der Waals surface area contributed by atoms with Gasteiger partial charge in [-0.15, -0.1) is 0 Å². The number of nitrogens with two attached hydrogens (primary N) is 1. The first-order valence-electron chi connectivity index (χ1n) is 8.40. The zero-order valence-electron chi connectivity index (χ0n) is 14.3. The lowest BCUT2D eigenvalue weighted by Gasteiger charge is -2.42. The van der Waals surface area contributed by atoms with Crippen molar-refractivity contribution in [1.29, 1.82) is 0 Å². The molecule has 2 rings (SSSR count). The highest BCUT2D eigenvalue weighted by atomic mass is 35.5. The molecule has 1 aliphatic carbocycles. The van der Waals surface area contributed by atoms with Crippen molar-refractivity contribution in [1.82, 2.24) is 10.6 Å². The minimum atomic E-state index is -0.593. The van der Waals surface area contributed by atoms with Crippen LogP contribution >= 0.6 is 11.6 Å². The van der Waals surface area contributed by atoms with Gasteiger partial charge in [-0.3, -0.25) is 9.59 Å². The first kappa shape index (κ1) is 18.7. The van der Waals surface area contributed by atoms with Gasteiger partial charge in [0.1, 0.15) is 0 Å². The molecule has 1 aliphatic rings. The summed E-state index contributed by atoms with van der Waals surface area (Å²) in [5, 5.41) is 6.23. The van der Waals surface area contributed by atoms with Crippen LogP contribution < -0.4 is 16.4 Å². The maximum absolute atomic E-state index is 12.0. The molecule has 5 nitrogen and oxygen atoms in total. The molecule has 0 unspecified atom stereocenters. The molecule has 1 atom stereocenters. The Kier molecular flexibility index (Phi) is 6.24. The Morgan fingerprint density at radius 3 is 2.33 bits per heavy atom. The molecule has 0 spiro atoms. The summed E-state index contributed by atoms with van der Waals surface area (Å²) >= 11 is 5.95. The number of amides is 2. The molecule has 24 heavy (non-hydrogen) atoms. The molecule has 1 saturated carbocycles. The van der Waals surface area contributed by atoms with Crippen LogP contribution in [0.1, 0.15) is 38.7 Å². The van der Waals surface area contributed by atoms with Crippen molar-refractivity contribution in [3.63, 3.8) is 0 Å². The standard InChI is InChI=1S/C18H26ClN3O2/c1-12(2)16(20)17(24)21-10-15(23)22-11-18(8-3-9-18)13-4-6-14(19)7-5-13/h4-7,12,16H,3,8-11,20H2,1-2H3,(H,21,24)(H,22,23)/t16-/m0/s1. The summed E-state index contributed by atoms with van der Waals surface area (Å²) in [4.78, 5) is 23.8. The number of rotatable bonds is 7. The molecule has 4 N–H and O–H groups in total. The van der Waals surface area contributed by atoms with Gasteiger partial charge in [-0.25, -0.2) is 0 Å². The Bertz CT molecular complexity index is 582. The normalized spacial score (nSPS) is 17.0. The lowest BCUT2D eigenvalue weighted by molar-refractivity contribution is -0.127. The summed E-state index contributed by atoms with van der Waals surface area (Å²) in [6, 6.07) is 7.22. The lowest BCUT2D eigenvalue weighted by atomic mass is 9.64. The minimum absolute atomic E-state index is 0.0153. The van der Waals surface area contributed by atoms with Gasteiger partial charge in [0.15, 0.2) is 0 Å². The summed E-state index contributed by atoms with van der Waals surface area (Å²) in [5.41, 5.74) is 6.94. The molecule has 2 amide bonds. The molecular weight excluding hydrogens is 326 g/mol. The van der Waals surface area contributed by atoms with E-state index >= 15 is 0 Å². The number of hydrogen-bond acceptors (Lipinski definition) is 3. The fourth-order valence-corrected chi connectivity index (χ4v) is 3.02. The van der Waals surface area contributed by atoms with Crippen LogP contribution in [0.25, 0.3) is 0 Å². The molecule has 1 aromatic rings. The van der Waals surface area contributed by atoms with E-state index < -0.39 is 6.04 Å². The van der Waals surface area contributed by atoms with Crippen molar-refractivity contribution in [2.45, 2.75) is 44.6 Å². The van der Waals surface area contributed by atoms with Gasteiger partial charge in [0.2, 0.25) is 11.8 Å². The summed E-state index contributed by atoms with van der Waals surface area (Å²) in [5.74, 6) is -0.452. The third-order valence-corrected chi connectivity index (χ3v) is 5.09. The van der Waals surface area contributed by atoms with Crippen molar-refractivity contribution in [3.05, 3.63) is 34.9 Å². The smallest absolute Gasteiger partial charge is 0.239 e. The predicted molar refractivity (Wildman–Crippen MR) is 95.8 cm³/mol. The quantitative estimate of drug-likeness (QED) is 0.702. The topological polar surface area (TPSA) is 84.2 Å². The monoisotopic (exact) mass is 351 g/mol. The largest absolute Gasteiger partial charge is 0.354 e. The lowest BCUT2D eigenvalue weighted by Crippen LogP contribution is -2.50. The van der Waals surface area contributed by atoms with Gasteiger partial charge < -0.3 is 16.4 Å². The molecule has 0 bridgehead atoms. The second-order valence-corrected chi connectivity index (χ2v) is 7.34. The van der Waals surface area contributed by atoms with Gasteiger partial charge in [0.05, 0.1) is 12.6 Å². The molecule has 132 valence electrons. The van der Waals surface area contributed by atoms with E-state index in [1.54, 1.807) is 0 Å². The number of benzene rings is 1. The summed E-state index contributed by atoms with van der Waals surface area (Å²) in [7, 11) is 0. The first-order valence-corrected chi connectivity index (χ1v) is 8.78. The molecule has 1 aromatic carbocycles. The predicted octanol–water partition coefficient (Wildman–Crippen LogP) is 1.98. The van der Waals surface area contributed by atoms with Crippen LogP contribution in [0.5, 0.6) is 0 Å². The van der Waals surface area contributed by atoms with Gasteiger partial charge in [0.25, 0.3) is 0 Å². The second kappa shape index (κ2) is 7.99. The third kappa shape index (κ3) is 4.48. The summed E-state index contributed by atoms with van der Waals surface area (Å²) < 4.78 is 0. The maximum atomic E-state index is 12.0. The molecule has 0 saturated heterocycles. The molecule has 0 aromatic heterocycles. The average Bonchev–Trinajstić information content (AvgIpc) is 2.52.